The Labute approximate surface area is 99.5 Å². The fourth-order valence-electron chi connectivity index (χ4n) is 1.99. The second-order valence-electron chi connectivity index (χ2n) is 4.42. The predicted molar refractivity (Wildman–Crippen MR) is 64.9 cm³/mol. The number of hydrogen-bond donors (Lipinski definition) is 3. The van der Waals surface area contributed by atoms with Crippen molar-refractivity contribution in [3.63, 3.8) is 0 Å². The van der Waals surface area contributed by atoms with Gasteiger partial charge in [-0.25, -0.2) is 9.97 Å². The number of hydrogen-bond acceptors (Lipinski definition) is 3. The maximum atomic E-state index is 11.2. The third-order valence-corrected chi connectivity index (χ3v) is 2.83. The molecule has 1 aliphatic heterocycles. The van der Waals surface area contributed by atoms with E-state index in [2.05, 4.69) is 25.8 Å². The Kier molecular flexibility index (Phi) is 3.87. The van der Waals surface area contributed by atoms with Crippen LogP contribution in [0.2, 0.25) is 0 Å². The number of anilines is 1. The number of hydrazone groups is 1. The van der Waals surface area contributed by atoms with E-state index in [9.17, 15) is 4.79 Å². The van der Waals surface area contributed by atoms with Gasteiger partial charge in [-0.05, 0) is 19.8 Å². The molecule has 1 unspecified atom stereocenters. The fourth-order valence-corrected chi connectivity index (χ4v) is 1.99. The van der Waals surface area contributed by atoms with Gasteiger partial charge in [0.2, 0.25) is 0 Å². The summed E-state index contributed by atoms with van der Waals surface area (Å²) < 4.78 is 0. The minimum absolute atomic E-state index is 0.134. The molecule has 92 valence electrons. The van der Waals surface area contributed by atoms with Crippen molar-refractivity contribution >= 4 is 12.2 Å². The van der Waals surface area contributed by atoms with Crippen LogP contribution in [0.3, 0.4) is 0 Å². The lowest BCUT2D eigenvalue weighted by Crippen LogP contribution is -2.87. The first-order valence-electron chi connectivity index (χ1n) is 5.98. The van der Waals surface area contributed by atoms with Crippen LogP contribution in [0.25, 0.3) is 0 Å². The van der Waals surface area contributed by atoms with Crippen LogP contribution in [0.15, 0.2) is 16.0 Å². The molecular weight excluding hydrogens is 218 g/mol. The predicted octanol–water partition coefficient (Wildman–Crippen LogP) is -1.13. The van der Waals surface area contributed by atoms with Gasteiger partial charge in [0.1, 0.15) is 0 Å². The number of piperidine rings is 1. The topological polar surface area (TPSA) is 88.0 Å². The van der Waals surface area contributed by atoms with Crippen molar-refractivity contribution in [2.75, 3.05) is 18.5 Å². The van der Waals surface area contributed by atoms with E-state index < -0.39 is 0 Å². The lowest BCUT2D eigenvalue weighted by atomic mass is 10.0. The van der Waals surface area contributed by atoms with E-state index in [4.69, 9.17) is 0 Å². The Balaban J connectivity index is 1.92. The van der Waals surface area contributed by atoms with E-state index in [0.717, 1.165) is 12.2 Å². The van der Waals surface area contributed by atoms with Gasteiger partial charge in [-0.3, -0.25) is 4.79 Å². The smallest absolute Gasteiger partial charge is 0.346 e. The summed E-state index contributed by atoms with van der Waals surface area (Å²) in [6, 6.07) is 1.50. The monoisotopic (exact) mass is 237 g/mol. The molecule has 0 bridgehead atoms. The Morgan fingerprint density at radius 2 is 2.59 bits per heavy atom. The van der Waals surface area contributed by atoms with E-state index in [1.165, 1.54) is 25.5 Å². The highest BCUT2D eigenvalue weighted by molar-refractivity contribution is 5.61. The molecule has 1 aromatic rings. The van der Waals surface area contributed by atoms with Crippen LogP contribution >= 0.6 is 0 Å². The van der Waals surface area contributed by atoms with Gasteiger partial charge >= 0.3 is 11.5 Å². The maximum Gasteiger partial charge on any atom is 0.379 e. The van der Waals surface area contributed by atoms with Crippen molar-refractivity contribution in [2.24, 2.45) is 11.0 Å². The quantitative estimate of drug-likeness (QED) is 0.459. The summed E-state index contributed by atoms with van der Waals surface area (Å²) in [5, 5.41) is 6.46. The van der Waals surface area contributed by atoms with Crippen molar-refractivity contribution in [1.82, 2.24) is 4.98 Å². The van der Waals surface area contributed by atoms with Crippen molar-refractivity contribution < 1.29 is 10.3 Å². The van der Waals surface area contributed by atoms with E-state index in [1.54, 1.807) is 0 Å². The van der Waals surface area contributed by atoms with Crippen molar-refractivity contribution in [1.29, 1.82) is 0 Å². The molecule has 1 fully saturated rings. The summed E-state index contributed by atoms with van der Waals surface area (Å²) in [7, 11) is 0. The fraction of sp³-hybridized carbons (Fsp3) is 0.545. The van der Waals surface area contributed by atoms with E-state index in [0.29, 0.717) is 11.9 Å². The normalized spacial score (nSPS) is 20.6. The maximum absolute atomic E-state index is 11.2. The Morgan fingerprint density at radius 3 is 3.29 bits per heavy atom. The number of aromatic nitrogens is 2. The lowest BCUT2D eigenvalue weighted by molar-refractivity contribution is -0.665. The summed E-state index contributed by atoms with van der Waals surface area (Å²) in [6.07, 6.45) is 4.35. The number of nitrogens with zero attached hydrogens (tertiary/aromatic N) is 1. The molecule has 2 heterocycles. The van der Waals surface area contributed by atoms with Crippen LogP contribution in [0.1, 0.15) is 18.5 Å². The van der Waals surface area contributed by atoms with Crippen LogP contribution < -0.4 is 21.3 Å². The van der Waals surface area contributed by atoms with E-state index in [1.807, 2.05) is 13.1 Å². The Bertz CT molecular complexity index is 447. The molecule has 0 saturated carbocycles. The molecule has 0 aliphatic carbocycles. The van der Waals surface area contributed by atoms with Crippen LogP contribution in [0.4, 0.5) is 5.95 Å². The highest BCUT2D eigenvalue weighted by Crippen LogP contribution is 2.03. The Hall–Kier alpha value is -1.69. The number of quaternary nitrogens is 1. The number of H-pyrrole nitrogens is 2. The van der Waals surface area contributed by atoms with Crippen molar-refractivity contribution in [2.45, 2.75) is 19.8 Å². The molecule has 1 aromatic heterocycles. The van der Waals surface area contributed by atoms with Gasteiger partial charge in [0, 0.05) is 12.1 Å². The molecule has 6 heteroatoms. The first-order chi connectivity index (χ1) is 8.24. The molecule has 17 heavy (non-hydrogen) atoms. The lowest BCUT2D eigenvalue weighted by Gasteiger charge is -2.14. The molecule has 0 aromatic carbocycles. The zero-order chi connectivity index (χ0) is 12.1. The first kappa shape index (κ1) is 11.8. The van der Waals surface area contributed by atoms with Crippen LogP contribution in [0.5, 0.6) is 0 Å². The molecule has 0 spiro atoms. The van der Waals surface area contributed by atoms with Gasteiger partial charge in [-0.1, -0.05) is 0 Å². The summed E-state index contributed by atoms with van der Waals surface area (Å²) in [6.45, 7) is 4.15. The SMILES string of the molecule is Cc1cc(=O)[nH]c(N/N=C/C2CCC[NH2+]C2)[nH+]1. The molecule has 6 nitrogen and oxygen atoms in total. The van der Waals surface area contributed by atoms with Gasteiger partial charge < -0.3 is 5.32 Å². The highest BCUT2D eigenvalue weighted by atomic mass is 16.1. The van der Waals surface area contributed by atoms with E-state index >= 15 is 0 Å². The molecule has 0 amide bonds. The average molecular weight is 237 g/mol. The number of nitrogens with one attached hydrogen (secondary N) is 3. The Morgan fingerprint density at radius 1 is 1.71 bits per heavy atom. The van der Waals surface area contributed by atoms with Crippen LogP contribution in [-0.2, 0) is 0 Å². The third kappa shape index (κ3) is 3.67. The van der Waals surface area contributed by atoms with Gasteiger partial charge in [-0.15, -0.1) is 5.10 Å². The summed E-state index contributed by atoms with van der Waals surface area (Å²) in [5.41, 5.74) is 3.49. The first-order valence-corrected chi connectivity index (χ1v) is 5.98. The van der Waals surface area contributed by atoms with Gasteiger partial charge in [-0.2, -0.15) is 5.43 Å². The second-order valence-corrected chi connectivity index (χ2v) is 4.42. The zero-order valence-corrected chi connectivity index (χ0v) is 9.99. The summed E-state index contributed by atoms with van der Waals surface area (Å²) >= 11 is 0. The molecule has 2 rings (SSSR count). The third-order valence-electron chi connectivity index (χ3n) is 2.83. The number of rotatable bonds is 3. The van der Waals surface area contributed by atoms with Crippen LogP contribution in [-0.4, -0.2) is 24.3 Å². The highest BCUT2D eigenvalue weighted by Gasteiger charge is 2.13. The molecule has 1 aliphatic rings. The average Bonchev–Trinajstić information content (AvgIpc) is 2.29. The second kappa shape index (κ2) is 5.58. The van der Waals surface area contributed by atoms with Gasteiger partial charge in [0.15, 0.2) is 0 Å². The molecule has 1 saturated heterocycles. The largest absolute Gasteiger partial charge is 0.379 e. The number of aromatic amines is 2. The molecule has 5 N–H and O–H groups in total. The summed E-state index contributed by atoms with van der Waals surface area (Å²) in [5.74, 6) is 1.04. The standard InChI is InChI=1S/C11H17N5O/c1-8-5-10(17)15-11(14-8)16-13-7-9-3-2-4-12-6-9/h5,7,9,12H,2-4,6H2,1H3,(H2,14,15,16,17)/p+2/b13-7+. The van der Waals surface area contributed by atoms with E-state index in [-0.39, 0.29) is 5.56 Å². The minimum atomic E-state index is -0.134. The minimum Gasteiger partial charge on any atom is -0.346 e. The van der Waals surface area contributed by atoms with Crippen molar-refractivity contribution in [3.8, 4) is 0 Å². The molecule has 1 atom stereocenters. The van der Waals surface area contributed by atoms with Gasteiger partial charge in [0.25, 0.3) is 0 Å². The molecular formula is C11H19N5O+2. The summed E-state index contributed by atoms with van der Waals surface area (Å²) in [4.78, 5) is 16.8. The molecule has 0 radical (unpaired) electrons. The number of aryl methyl sites for hydroxylation is 1. The van der Waals surface area contributed by atoms with Crippen molar-refractivity contribution in [3.05, 3.63) is 22.1 Å². The van der Waals surface area contributed by atoms with Crippen LogP contribution in [0, 0.1) is 12.8 Å². The zero-order valence-electron chi connectivity index (χ0n) is 9.99. The van der Waals surface area contributed by atoms with Gasteiger partial charge in [0.05, 0.1) is 24.8 Å². The number of nitrogens with two attached hydrogens (primary N) is 1.